The summed E-state index contributed by atoms with van der Waals surface area (Å²) in [6.45, 7) is -0.00775. The van der Waals surface area contributed by atoms with Crippen molar-refractivity contribution >= 4 is 40.6 Å². The Balaban J connectivity index is 1.80. The third kappa shape index (κ3) is 4.82. The minimum atomic E-state index is -4.72. The van der Waals surface area contributed by atoms with Gasteiger partial charge in [0.05, 0.1) is 29.2 Å². The monoisotopic (exact) mass is 437 g/mol. The van der Waals surface area contributed by atoms with E-state index in [1.54, 1.807) is 24.3 Å². The quantitative estimate of drug-likeness (QED) is 0.654. The first-order valence-corrected chi connectivity index (χ1v) is 9.37. The summed E-state index contributed by atoms with van der Waals surface area (Å²) in [5.41, 5.74) is -1.07. The van der Waals surface area contributed by atoms with Crippen LogP contribution in [0, 0.1) is 0 Å². The van der Waals surface area contributed by atoms with Gasteiger partial charge in [-0.05, 0) is 47.7 Å². The van der Waals surface area contributed by atoms with Crippen molar-refractivity contribution in [2.24, 2.45) is 0 Å². The summed E-state index contributed by atoms with van der Waals surface area (Å²) >= 11 is 0.547. The Kier molecular flexibility index (Phi) is 6.16. The van der Waals surface area contributed by atoms with Crippen LogP contribution in [0.5, 0.6) is 5.75 Å². The zero-order valence-corrected chi connectivity index (χ0v) is 16.0. The summed E-state index contributed by atoms with van der Waals surface area (Å²) in [6.07, 6.45) is -3.48. The summed E-state index contributed by atoms with van der Waals surface area (Å²) in [5, 5.41) is 7.77. The second-order valence-electron chi connectivity index (χ2n) is 6.09. The number of nitrogens with zero attached hydrogens (tertiary/aromatic N) is 1. The first kappa shape index (κ1) is 21.4. The maximum atomic E-state index is 13.3. The van der Waals surface area contributed by atoms with Gasteiger partial charge in [-0.15, -0.1) is 0 Å². The number of hydrogen-bond acceptors (Lipinski definition) is 5. The van der Waals surface area contributed by atoms with Crippen molar-refractivity contribution in [1.82, 2.24) is 0 Å². The molecule has 3 rings (SSSR count). The first-order chi connectivity index (χ1) is 14.2. The van der Waals surface area contributed by atoms with Crippen molar-refractivity contribution in [3.8, 4) is 5.75 Å². The Hall–Kier alpha value is -3.27. The van der Waals surface area contributed by atoms with Crippen molar-refractivity contribution in [1.29, 1.82) is 0 Å². The molecule has 0 aliphatic carbocycles. The molecule has 1 fully saturated rings. The predicted octanol–water partition coefficient (Wildman–Crippen LogP) is 4.80. The SMILES string of the molecule is O=C(O)CCOc1ccc(/C=C2/SC(=O)N(c3ccccc3C(F)(F)F)C2=O)cc1. The molecule has 10 heteroatoms. The molecule has 0 radical (unpaired) electrons. The zero-order chi connectivity index (χ0) is 21.9. The molecule has 2 aromatic carbocycles. The molecule has 0 atom stereocenters. The van der Waals surface area contributed by atoms with Crippen LogP contribution in [0.15, 0.2) is 53.4 Å². The predicted molar refractivity (Wildman–Crippen MR) is 104 cm³/mol. The van der Waals surface area contributed by atoms with Crippen LogP contribution in [-0.4, -0.2) is 28.8 Å². The fraction of sp³-hybridized carbons (Fsp3) is 0.150. The van der Waals surface area contributed by atoms with Gasteiger partial charge in [0.25, 0.3) is 11.1 Å². The standard InChI is InChI=1S/C20H14F3NO5S/c21-20(22,23)14-3-1-2-4-15(14)24-18(27)16(30-19(24)28)11-12-5-7-13(8-6-12)29-10-9-17(25)26/h1-8,11H,9-10H2,(H,25,26)/b16-11+. The smallest absolute Gasteiger partial charge is 0.418 e. The van der Waals surface area contributed by atoms with E-state index in [4.69, 9.17) is 9.84 Å². The van der Waals surface area contributed by atoms with Gasteiger partial charge in [0, 0.05) is 0 Å². The minimum absolute atomic E-state index is 0.00775. The largest absolute Gasteiger partial charge is 0.493 e. The summed E-state index contributed by atoms with van der Waals surface area (Å²) in [7, 11) is 0. The Morgan fingerprint density at radius 2 is 1.77 bits per heavy atom. The lowest BCUT2D eigenvalue weighted by Gasteiger charge is -2.18. The second-order valence-corrected chi connectivity index (χ2v) is 7.09. The van der Waals surface area contributed by atoms with E-state index in [2.05, 4.69) is 0 Å². The van der Waals surface area contributed by atoms with E-state index in [-0.39, 0.29) is 17.9 Å². The summed E-state index contributed by atoms with van der Waals surface area (Å²) in [5.74, 6) is -1.42. The van der Waals surface area contributed by atoms with Crippen LogP contribution in [0.4, 0.5) is 23.7 Å². The number of thioether (sulfide) groups is 1. The number of carbonyl (C=O) groups is 3. The van der Waals surface area contributed by atoms with Crippen molar-refractivity contribution in [2.75, 3.05) is 11.5 Å². The van der Waals surface area contributed by atoms with Crippen molar-refractivity contribution in [2.45, 2.75) is 12.6 Å². The topological polar surface area (TPSA) is 83.9 Å². The van der Waals surface area contributed by atoms with Crippen LogP contribution in [0.3, 0.4) is 0 Å². The maximum absolute atomic E-state index is 13.3. The molecule has 0 spiro atoms. The van der Waals surface area contributed by atoms with E-state index in [0.717, 1.165) is 12.1 Å². The van der Waals surface area contributed by atoms with E-state index in [0.29, 0.717) is 28.0 Å². The highest BCUT2D eigenvalue weighted by Crippen LogP contribution is 2.42. The number of amides is 2. The van der Waals surface area contributed by atoms with Gasteiger partial charge in [0.1, 0.15) is 5.75 Å². The molecule has 30 heavy (non-hydrogen) atoms. The average molecular weight is 437 g/mol. The lowest BCUT2D eigenvalue weighted by atomic mass is 10.1. The number of carboxylic acids is 1. The second kappa shape index (κ2) is 8.62. The fourth-order valence-electron chi connectivity index (χ4n) is 2.65. The molecule has 1 aliphatic rings. The number of para-hydroxylation sites is 1. The maximum Gasteiger partial charge on any atom is 0.418 e. The van der Waals surface area contributed by atoms with Crippen LogP contribution in [0.2, 0.25) is 0 Å². The summed E-state index contributed by atoms with van der Waals surface area (Å²) < 4.78 is 45.0. The van der Waals surface area contributed by atoms with Gasteiger partial charge < -0.3 is 9.84 Å². The molecule has 1 N–H and O–H groups in total. The van der Waals surface area contributed by atoms with Gasteiger partial charge in [-0.25, -0.2) is 4.90 Å². The third-order valence-electron chi connectivity index (χ3n) is 4.01. The van der Waals surface area contributed by atoms with Gasteiger partial charge >= 0.3 is 12.1 Å². The zero-order valence-electron chi connectivity index (χ0n) is 15.2. The summed E-state index contributed by atoms with van der Waals surface area (Å²) in [6, 6.07) is 10.6. The molecule has 0 unspecified atom stereocenters. The minimum Gasteiger partial charge on any atom is -0.493 e. The van der Waals surface area contributed by atoms with E-state index in [1.165, 1.54) is 18.2 Å². The lowest BCUT2D eigenvalue weighted by molar-refractivity contribution is -0.138. The Morgan fingerprint density at radius 3 is 2.40 bits per heavy atom. The van der Waals surface area contributed by atoms with Crippen LogP contribution in [0.25, 0.3) is 6.08 Å². The number of aliphatic carboxylic acids is 1. The number of hydrogen-bond donors (Lipinski definition) is 1. The number of carboxylic acid groups (broad SMARTS) is 1. The molecular weight excluding hydrogens is 423 g/mol. The van der Waals surface area contributed by atoms with E-state index >= 15 is 0 Å². The Labute approximate surface area is 172 Å². The Morgan fingerprint density at radius 1 is 1.10 bits per heavy atom. The molecular formula is C20H14F3NO5S. The van der Waals surface area contributed by atoms with E-state index in [1.807, 2.05) is 0 Å². The van der Waals surface area contributed by atoms with E-state index < -0.39 is 34.5 Å². The highest BCUT2D eigenvalue weighted by Gasteiger charge is 2.42. The summed E-state index contributed by atoms with van der Waals surface area (Å²) in [4.78, 5) is 35.9. The third-order valence-corrected chi connectivity index (χ3v) is 4.88. The van der Waals surface area contributed by atoms with Crippen LogP contribution < -0.4 is 9.64 Å². The number of alkyl halides is 3. The molecule has 0 saturated carbocycles. The molecule has 6 nitrogen and oxygen atoms in total. The number of carbonyl (C=O) groups excluding carboxylic acids is 2. The molecule has 156 valence electrons. The van der Waals surface area contributed by atoms with Crippen LogP contribution >= 0.6 is 11.8 Å². The van der Waals surface area contributed by atoms with Gasteiger partial charge in [-0.1, -0.05) is 24.3 Å². The van der Waals surface area contributed by atoms with Crippen molar-refractivity contribution in [3.63, 3.8) is 0 Å². The molecule has 2 amide bonds. The number of benzene rings is 2. The number of anilines is 1. The lowest BCUT2D eigenvalue weighted by Crippen LogP contribution is -2.30. The highest BCUT2D eigenvalue weighted by atomic mass is 32.2. The van der Waals surface area contributed by atoms with Gasteiger partial charge in [0.15, 0.2) is 0 Å². The fourth-order valence-corrected chi connectivity index (χ4v) is 3.49. The van der Waals surface area contributed by atoms with Gasteiger partial charge in [-0.2, -0.15) is 13.2 Å². The molecule has 0 aromatic heterocycles. The van der Waals surface area contributed by atoms with Crippen molar-refractivity contribution < 1.29 is 37.4 Å². The number of rotatable bonds is 6. The number of halogens is 3. The molecule has 1 heterocycles. The number of ether oxygens (including phenoxy) is 1. The van der Waals surface area contributed by atoms with Gasteiger partial charge in [0.2, 0.25) is 0 Å². The van der Waals surface area contributed by atoms with Gasteiger partial charge in [-0.3, -0.25) is 14.4 Å². The van der Waals surface area contributed by atoms with Crippen LogP contribution in [0.1, 0.15) is 17.5 Å². The highest BCUT2D eigenvalue weighted by molar-refractivity contribution is 8.19. The molecule has 1 aliphatic heterocycles. The molecule has 0 bridgehead atoms. The number of imide groups is 1. The van der Waals surface area contributed by atoms with Crippen LogP contribution in [-0.2, 0) is 15.8 Å². The molecule has 2 aromatic rings. The Bertz CT molecular complexity index is 1020. The van der Waals surface area contributed by atoms with E-state index in [9.17, 15) is 27.6 Å². The normalized spacial score (nSPS) is 15.7. The first-order valence-electron chi connectivity index (χ1n) is 8.55. The van der Waals surface area contributed by atoms with Crippen molar-refractivity contribution in [3.05, 3.63) is 64.6 Å². The molecule has 1 saturated heterocycles. The average Bonchev–Trinajstić information content (AvgIpc) is 2.95.